The van der Waals surface area contributed by atoms with Crippen molar-refractivity contribution in [2.24, 2.45) is 0 Å². The van der Waals surface area contributed by atoms with Crippen molar-refractivity contribution in [1.29, 1.82) is 0 Å². The maximum absolute atomic E-state index is 10.8. The molecule has 1 fully saturated rings. The number of hydrogen-bond donors (Lipinski definition) is 1. The van der Waals surface area contributed by atoms with Crippen molar-refractivity contribution in [3.05, 3.63) is 54.2 Å². The van der Waals surface area contributed by atoms with Crippen LogP contribution in [0.15, 0.2) is 48.7 Å². The minimum Gasteiger partial charge on any atom is -0.384 e. The zero-order valence-corrected chi connectivity index (χ0v) is 14.5. The SMILES string of the molecule is CN(C[C@H]1CCCN1c1cccnn1)C[C@](C)(O)c1ccccc1. The maximum Gasteiger partial charge on any atom is 0.151 e. The van der Waals surface area contributed by atoms with Gasteiger partial charge in [0.05, 0.1) is 5.60 Å². The van der Waals surface area contributed by atoms with Crippen molar-refractivity contribution in [3.63, 3.8) is 0 Å². The molecule has 2 heterocycles. The van der Waals surface area contributed by atoms with Crippen LogP contribution in [0.4, 0.5) is 5.82 Å². The summed E-state index contributed by atoms with van der Waals surface area (Å²) < 4.78 is 0. The van der Waals surface area contributed by atoms with Crippen molar-refractivity contribution in [1.82, 2.24) is 15.1 Å². The van der Waals surface area contributed by atoms with E-state index in [9.17, 15) is 5.11 Å². The third-order valence-corrected chi connectivity index (χ3v) is 4.73. The Morgan fingerprint density at radius 1 is 1.25 bits per heavy atom. The smallest absolute Gasteiger partial charge is 0.151 e. The standard InChI is InChI=1S/C19H26N4O/c1-19(24,16-8-4-3-5-9-16)15-22(2)14-17-10-7-13-23(17)18-11-6-12-20-21-18/h3-6,8-9,11-12,17,24H,7,10,13-15H2,1-2H3/t17-,19+/m1/s1. The second kappa shape index (κ2) is 7.28. The topological polar surface area (TPSA) is 52.5 Å². The highest BCUT2D eigenvalue weighted by Gasteiger charge is 2.30. The Balaban J connectivity index is 1.63. The molecule has 0 amide bonds. The van der Waals surface area contributed by atoms with Crippen LogP contribution in [0, 0.1) is 0 Å². The average Bonchev–Trinajstić information content (AvgIpc) is 3.04. The zero-order valence-electron chi connectivity index (χ0n) is 14.5. The van der Waals surface area contributed by atoms with Crippen LogP contribution in [0.25, 0.3) is 0 Å². The summed E-state index contributed by atoms with van der Waals surface area (Å²) in [5.41, 5.74) is 0.0977. The van der Waals surface area contributed by atoms with Gasteiger partial charge in [-0.2, -0.15) is 5.10 Å². The number of rotatable bonds is 6. The quantitative estimate of drug-likeness (QED) is 0.883. The van der Waals surface area contributed by atoms with Crippen molar-refractivity contribution in [2.75, 3.05) is 31.6 Å². The zero-order chi connectivity index (χ0) is 17.0. The lowest BCUT2D eigenvalue weighted by atomic mass is 9.95. The molecule has 3 rings (SSSR count). The van der Waals surface area contributed by atoms with E-state index < -0.39 is 5.60 Å². The fourth-order valence-electron chi connectivity index (χ4n) is 3.61. The molecule has 0 unspecified atom stereocenters. The van der Waals surface area contributed by atoms with Crippen LogP contribution in [0.2, 0.25) is 0 Å². The van der Waals surface area contributed by atoms with E-state index in [1.54, 1.807) is 6.20 Å². The van der Waals surface area contributed by atoms with Gasteiger partial charge in [0.15, 0.2) is 5.82 Å². The highest BCUT2D eigenvalue weighted by atomic mass is 16.3. The molecule has 1 aromatic heterocycles. The number of anilines is 1. The Labute approximate surface area is 143 Å². The Morgan fingerprint density at radius 3 is 2.75 bits per heavy atom. The normalized spacial score (nSPS) is 20.3. The third-order valence-electron chi connectivity index (χ3n) is 4.73. The summed E-state index contributed by atoms with van der Waals surface area (Å²) in [6, 6.07) is 14.2. The van der Waals surface area contributed by atoms with Crippen LogP contribution in [0.1, 0.15) is 25.3 Å². The Hall–Kier alpha value is -1.98. The van der Waals surface area contributed by atoms with Crippen molar-refractivity contribution in [3.8, 4) is 0 Å². The predicted molar refractivity (Wildman–Crippen MR) is 95.9 cm³/mol. The van der Waals surface area contributed by atoms with Gasteiger partial charge in [-0.15, -0.1) is 5.10 Å². The number of benzene rings is 1. The molecule has 24 heavy (non-hydrogen) atoms. The van der Waals surface area contributed by atoms with Gasteiger partial charge >= 0.3 is 0 Å². The Bertz CT molecular complexity index is 632. The lowest BCUT2D eigenvalue weighted by molar-refractivity contribution is 0.0222. The number of aromatic nitrogens is 2. The molecular formula is C19H26N4O. The summed E-state index contributed by atoms with van der Waals surface area (Å²) in [5, 5.41) is 19.1. The van der Waals surface area contributed by atoms with Gasteiger partial charge < -0.3 is 14.9 Å². The predicted octanol–water partition coefficient (Wildman–Crippen LogP) is 2.28. The lowest BCUT2D eigenvalue weighted by Crippen LogP contribution is -2.44. The molecule has 5 heteroatoms. The first kappa shape index (κ1) is 16.9. The molecule has 0 saturated carbocycles. The van der Waals surface area contributed by atoms with Crippen LogP contribution < -0.4 is 4.90 Å². The van der Waals surface area contributed by atoms with E-state index in [1.165, 1.54) is 6.42 Å². The highest BCUT2D eigenvalue weighted by molar-refractivity contribution is 5.39. The molecule has 5 nitrogen and oxygen atoms in total. The molecule has 0 radical (unpaired) electrons. The first-order chi connectivity index (χ1) is 11.6. The minimum absolute atomic E-state index is 0.415. The van der Waals surface area contributed by atoms with E-state index >= 15 is 0 Å². The van der Waals surface area contributed by atoms with Gasteiger partial charge in [0, 0.05) is 31.9 Å². The molecule has 0 aliphatic carbocycles. The molecule has 0 spiro atoms. The summed E-state index contributed by atoms with van der Waals surface area (Å²) in [5.74, 6) is 0.947. The average molecular weight is 326 g/mol. The fourth-order valence-corrected chi connectivity index (χ4v) is 3.61. The molecule has 2 aromatic rings. The minimum atomic E-state index is -0.855. The molecular weight excluding hydrogens is 300 g/mol. The summed E-state index contributed by atoms with van der Waals surface area (Å²) >= 11 is 0. The van der Waals surface area contributed by atoms with Gasteiger partial charge in [-0.1, -0.05) is 30.3 Å². The number of likely N-dealkylation sites (N-methyl/N-ethyl adjacent to an activating group) is 1. The van der Waals surface area contributed by atoms with Crippen molar-refractivity contribution in [2.45, 2.75) is 31.4 Å². The van der Waals surface area contributed by atoms with E-state index in [0.29, 0.717) is 12.6 Å². The van der Waals surface area contributed by atoms with Gasteiger partial charge in [0.2, 0.25) is 0 Å². The Morgan fingerprint density at radius 2 is 2.04 bits per heavy atom. The molecule has 128 valence electrons. The van der Waals surface area contributed by atoms with Crippen LogP contribution in [-0.2, 0) is 5.60 Å². The lowest BCUT2D eigenvalue weighted by Gasteiger charge is -2.33. The van der Waals surface area contributed by atoms with Crippen LogP contribution in [0.5, 0.6) is 0 Å². The second-order valence-corrected chi connectivity index (χ2v) is 6.91. The van der Waals surface area contributed by atoms with Crippen molar-refractivity contribution >= 4 is 5.82 Å². The number of nitrogens with zero attached hydrogens (tertiary/aromatic N) is 4. The molecule has 1 aliphatic rings. The van der Waals surface area contributed by atoms with Gasteiger partial charge in [-0.05, 0) is 44.5 Å². The highest BCUT2D eigenvalue weighted by Crippen LogP contribution is 2.25. The second-order valence-electron chi connectivity index (χ2n) is 6.91. The van der Waals surface area contributed by atoms with Crippen LogP contribution >= 0.6 is 0 Å². The monoisotopic (exact) mass is 326 g/mol. The molecule has 2 atom stereocenters. The Kier molecular flexibility index (Phi) is 5.11. The van der Waals surface area contributed by atoms with Gasteiger partial charge in [0.1, 0.15) is 0 Å². The fraction of sp³-hybridized carbons (Fsp3) is 0.474. The summed E-state index contributed by atoms with van der Waals surface area (Å²) in [6.45, 7) is 4.40. The summed E-state index contributed by atoms with van der Waals surface area (Å²) in [4.78, 5) is 4.55. The van der Waals surface area contributed by atoms with Crippen LogP contribution in [0.3, 0.4) is 0 Å². The summed E-state index contributed by atoms with van der Waals surface area (Å²) in [6.07, 6.45) is 4.02. The van der Waals surface area contributed by atoms with E-state index in [-0.39, 0.29) is 0 Å². The third kappa shape index (κ3) is 3.91. The summed E-state index contributed by atoms with van der Waals surface area (Å²) in [7, 11) is 2.07. The van der Waals surface area contributed by atoms with Gasteiger partial charge in [-0.3, -0.25) is 0 Å². The van der Waals surface area contributed by atoms with E-state index in [1.807, 2.05) is 49.4 Å². The first-order valence-corrected chi connectivity index (χ1v) is 8.57. The van der Waals surface area contributed by atoms with Crippen molar-refractivity contribution < 1.29 is 5.11 Å². The van der Waals surface area contributed by atoms with E-state index in [2.05, 4.69) is 27.0 Å². The van der Waals surface area contributed by atoms with E-state index in [4.69, 9.17) is 0 Å². The molecule has 1 aromatic carbocycles. The molecule has 1 aliphatic heterocycles. The number of hydrogen-bond acceptors (Lipinski definition) is 5. The first-order valence-electron chi connectivity index (χ1n) is 8.57. The molecule has 1 N–H and O–H groups in total. The van der Waals surface area contributed by atoms with Gasteiger partial charge in [0.25, 0.3) is 0 Å². The van der Waals surface area contributed by atoms with Crippen LogP contribution in [-0.4, -0.2) is 52.9 Å². The number of aliphatic hydroxyl groups is 1. The molecule has 0 bridgehead atoms. The largest absolute Gasteiger partial charge is 0.384 e. The maximum atomic E-state index is 10.8. The van der Waals surface area contributed by atoms with E-state index in [0.717, 1.165) is 30.9 Å². The van der Waals surface area contributed by atoms with Gasteiger partial charge in [-0.25, -0.2) is 0 Å². The molecule has 1 saturated heterocycles.